The first kappa shape index (κ1) is 15.1. The summed E-state index contributed by atoms with van der Waals surface area (Å²) in [6, 6.07) is 1.69. The van der Waals surface area contributed by atoms with Gasteiger partial charge in [0.15, 0.2) is 0 Å². The predicted molar refractivity (Wildman–Crippen MR) is 76.8 cm³/mol. The molecule has 2 rings (SSSR count). The van der Waals surface area contributed by atoms with Crippen molar-refractivity contribution in [2.24, 2.45) is 7.05 Å². The standard InChI is InChI=1S/C11H17N5O2S2/c1-8-4-11(19-9(8)5-12-2)20(17,18)14-6-10-15-13-7-16(10)3/h4,7,12,14H,5-6H2,1-3H3. The smallest absolute Gasteiger partial charge is 0.250 e. The number of nitrogens with zero attached hydrogens (tertiary/aromatic N) is 3. The Morgan fingerprint density at radius 3 is 2.75 bits per heavy atom. The van der Waals surface area contributed by atoms with Crippen molar-refractivity contribution in [3.05, 3.63) is 28.7 Å². The van der Waals surface area contributed by atoms with Crippen LogP contribution in [-0.4, -0.2) is 30.2 Å². The van der Waals surface area contributed by atoms with Gasteiger partial charge in [0.05, 0.1) is 6.54 Å². The van der Waals surface area contributed by atoms with Crippen molar-refractivity contribution < 1.29 is 8.42 Å². The van der Waals surface area contributed by atoms with Crippen LogP contribution in [0.1, 0.15) is 16.3 Å². The maximum Gasteiger partial charge on any atom is 0.250 e. The van der Waals surface area contributed by atoms with Crippen LogP contribution in [0.15, 0.2) is 16.6 Å². The van der Waals surface area contributed by atoms with E-state index in [4.69, 9.17) is 0 Å². The van der Waals surface area contributed by atoms with Crippen molar-refractivity contribution in [3.63, 3.8) is 0 Å². The SMILES string of the molecule is CNCc1sc(S(=O)(=O)NCc2nncn2C)cc1C. The van der Waals surface area contributed by atoms with Crippen LogP contribution in [0.25, 0.3) is 0 Å². The summed E-state index contributed by atoms with van der Waals surface area (Å²) in [5, 5.41) is 10.6. The molecule has 0 atom stereocenters. The fourth-order valence-corrected chi connectivity index (χ4v) is 4.28. The minimum atomic E-state index is -3.51. The molecule has 0 bridgehead atoms. The summed E-state index contributed by atoms with van der Waals surface area (Å²) in [7, 11) is 0.0873. The van der Waals surface area contributed by atoms with Gasteiger partial charge in [-0.25, -0.2) is 13.1 Å². The van der Waals surface area contributed by atoms with E-state index in [-0.39, 0.29) is 6.54 Å². The summed E-state index contributed by atoms with van der Waals surface area (Å²) >= 11 is 1.28. The molecule has 7 nitrogen and oxygen atoms in total. The number of hydrogen-bond donors (Lipinski definition) is 2. The van der Waals surface area contributed by atoms with Gasteiger partial charge in [-0.2, -0.15) is 0 Å². The van der Waals surface area contributed by atoms with E-state index in [1.54, 1.807) is 17.7 Å². The van der Waals surface area contributed by atoms with Crippen molar-refractivity contribution >= 4 is 21.4 Å². The highest BCUT2D eigenvalue weighted by atomic mass is 32.2. The minimum Gasteiger partial charge on any atom is -0.320 e. The number of nitrogens with one attached hydrogen (secondary N) is 2. The molecule has 2 heterocycles. The predicted octanol–water partition coefficient (Wildman–Crippen LogP) is 0.383. The van der Waals surface area contributed by atoms with Gasteiger partial charge in [-0.3, -0.25) is 0 Å². The number of rotatable bonds is 6. The number of hydrogen-bond acceptors (Lipinski definition) is 6. The van der Waals surface area contributed by atoms with E-state index in [1.807, 2.05) is 14.0 Å². The maximum absolute atomic E-state index is 12.2. The monoisotopic (exact) mass is 315 g/mol. The molecule has 0 unspecified atom stereocenters. The Kier molecular flexibility index (Phi) is 4.53. The van der Waals surface area contributed by atoms with Crippen LogP contribution in [0, 0.1) is 6.92 Å². The maximum atomic E-state index is 12.2. The van der Waals surface area contributed by atoms with Gasteiger partial charge in [-0.15, -0.1) is 21.5 Å². The lowest BCUT2D eigenvalue weighted by Crippen LogP contribution is -2.24. The quantitative estimate of drug-likeness (QED) is 0.804. The first-order valence-corrected chi connectivity index (χ1v) is 8.30. The highest BCUT2D eigenvalue weighted by Crippen LogP contribution is 2.25. The van der Waals surface area contributed by atoms with Gasteiger partial charge in [0, 0.05) is 18.5 Å². The van der Waals surface area contributed by atoms with Crippen molar-refractivity contribution in [1.29, 1.82) is 0 Å². The lowest BCUT2D eigenvalue weighted by Gasteiger charge is -2.03. The van der Waals surface area contributed by atoms with Crippen LogP contribution >= 0.6 is 11.3 Å². The van der Waals surface area contributed by atoms with E-state index in [1.165, 1.54) is 17.7 Å². The molecule has 2 aromatic heterocycles. The third-order valence-electron chi connectivity index (χ3n) is 2.83. The van der Waals surface area contributed by atoms with E-state index in [2.05, 4.69) is 20.2 Å². The summed E-state index contributed by atoms with van der Waals surface area (Å²) in [4.78, 5) is 1.02. The van der Waals surface area contributed by atoms with Crippen LogP contribution in [0.5, 0.6) is 0 Å². The topological polar surface area (TPSA) is 88.9 Å². The molecule has 0 saturated heterocycles. The lowest BCUT2D eigenvalue weighted by molar-refractivity contribution is 0.579. The van der Waals surface area contributed by atoms with E-state index < -0.39 is 10.0 Å². The molecule has 0 amide bonds. The Labute approximate surface area is 122 Å². The first-order valence-electron chi connectivity index (χ1n) is 6.00. The average Bonchev–Trinajstić information content (AvgIpc) is 2.95. The molecule has 0 aliphatic carbocycles. The van der Waals surface area contributed by atoms with E-state index in [9.17, 15) is 8.42 Å². The van der Waals surface area contributed by atoms with Crippen LogP contribution in [-0.2, 0) is 30.2 Å². The molecule has 20 heavy (non-hydrogen) atoms. The van der Waals surface area contributed by atoms with Crippen LogP contribution < -0.4 is 10.0 Å². The zero-order chi connectivity index (χ0) is 14.8. The van der Waals surface area contributed by atoms with Gasteiger partial charge < -0.3 is 9.88 Å². The summed E-state index contributed by atoms with van der Waals surface area (Å²) < 4.78 is 29.0. The number of aryl methyl sites for hydroxylation is 2. The molecule has 110 valence electrons. The molecule has 0 radical (unpaired) electrons. The van der Waals surface area contributed by atoms with Gasteiger partial charge in [-0.1, -0.05) is 0 Å². The Morgan fingerprint density at radius 1 is 1.40 bits per heavy atom. The van der Waals surface area contributed by atoms with Crippen LogP contribution in [0.3, 0.4) is 0 Å². The average molecular weight is 315 g/mol. The molecule has 0 aliphatic rings. The third kappa shape index (κ3) is 3.23. The Morgan fingerprint density at radius 2 is 2.15 bits per heavy atom. The Hall–Kier alpha value is -1.29. The van der Waals surface area contributed by atoms with Crippen LogP contribution in [0.2, 0.25) is 0 Å². The molecule has 0 aromatic carbocycles. The second kappa shape index (κ2) is 6.00. The molecule has 0 saturated carbocycles. The number of sulfonamides is 1. The van der Waals surface area contributed by atoms with Gasteiger partial charge >= 0.3 is 0 Å². The van der Waals surface area contributed by atoms with Crippen molar-refractivity contribution in [2.75, 3.05) is 7.05 Å². The lowest BCUT2D eigenvalue weighted by atomic mass is 10.3. The summed E-state index contributed by atoms with van der Waals surface area (Å²) in [6.45, 7) is 2.69. The van der Waals surface area contributed by atoms with Gasteiger partial charge in [0.1, 0.15) is 16.4 Å². The van der Waals surface area contributed by atoms with Crippen molar-refractivity contribution in [3.8, 4) is 0 Å². The van der Waals surface area contributed by atoms with Gasteiger partial charge in [0.2, 0.25) is 10.0 Å². The van der Waals surface area contributed by atoms with E-state index >= 15 is 0 Å². The van der Waals surface area contributed by atoms with E-state index in [0.29, 0.717) is 16.6 Å². The van der Waals surface area contributed by atoms with Gasteiger partial charge in [-0.05, 0) is 25.6 Å². The second-order valence-corrected chi connectivity index (χ2v) is 7.52. The molecule has 2 N–H and O–H groups in total. The fourth-order valence-electron chi connectivity index (χ4n) is 1.65. The molecule has 0 fully saturated rings. The molecular formula is C11H17N5O2S2. The Bertz CT molecular complexity index is 689. The second-order valence-electron chi connectivity index (χ2n) is 4.38. The summed E-state index contributed by atoms with van der Waals surface area (Å²) in [5.74, 6) is 0.567. The summed E-state index contributed by atoms with van der Waals surface area (Å²) in [5.41, 5.74) is 0.975. The molecule has 0 aliphatic heterocycles. The first-order chi connectivity index (χ1) is 9.44. The molecule has 0 spiro atoms. The van der Waals surface area contributed by atoms with Crippen molar-refractivity contribution in [1.82, 2.24) is 24.8 Å². The zero-order valence-corrected chi connectivity index (χ0v) is 13.2. The molecular weight excluding hydrogens is 298 g/mol. The van der Waals surface area contributed by atoms with E-state index in [0.717, 1.165) is 10.4 Å². The molecule has 9 heteroatoms. The molecule has 2 aromatic rings. The van der Waals surface area contributed by atoms with Gasteiger partial charge in [0.25, 0.3) is 0 Å². The highest BCUT2D eigenvalue weighted by molar-refractivity contribution is 7.91. The highest BCUT2D eigenvalue weighted by Gasteiger charge is 2.19. The summed E-state index contributed by atoms with van der Waals surface area (Å²) in [6.07, 6.45) is 1.53. The van der Waals surface area contributed by atoms with Crippen LogP contribution in [0.4, 0.5) is 0 Å². The largest absolute Gasteiger partial charge is 0.320 e. The van der Waals surface area contributed by atoms with Crippen molar-refractivity contribution in [2.45, 2.75) is 24.2 Å². The number of aromatic nitrogens is 3. The Balaban J connectivity index is 2.14. The zero-order valence-electron chi connectivity index (χ0n) is 11.5. The third-order valence-corrected chi connectivity index (χ3v) is 5.94. The normalized spacial score (nSPS) is 11.9. The fraction of sp³-hybridized carbons (Fsp3) is 0.455. The minimum absolute atomic E-state index is 0.122. The number of thiophene rings is 1.